The van der Waals surface area contributed by atoms with E-state index in [9.17, 15) is 0 Å². The highest BCUT2D eigenvalue weighted by molar-refractivity contribution is 5.94. The summed E-state index contributed by atoms with van der Waals surface area (Å²) < 4.78 is 16.1. The van der Waals surface area contributed by atoms with Gasteiger partial charge in [0.1, 0.15) is 5.82 Å². The molecular formula is C15H19N3O3. The number of hydrogen-bond donors (Lipinski definition) is 1. The molecule has 1 aliphatic rings. The zero-order valence-electron chi connectivity index (χ0n) is 12.0. The summed E-state index contributed by atoms with van der Waals surface area (Å²) in [6.45, 7) is 2.93. The van der Waals surface area contributed by atoms with Crippen molar-refractivity contribution in [2.45, 2.75) is 0 Å². The highest BCUT2D eigenvalue weighted by atomic mass is 16.7. The molecule has 0 fully saturated rings. The number of aromatic nitrogens is 1. The lowest BCUT2D eigenvalue weighted by Crippen LogP contribution is -2.33. The van der Waals surface area contributed by atoms with E-state index in [0.29, 0.717) is 13.2 Å². The zero-order valence-corrected chi connectivity index (χ0v) is 12.0. The van der Waals surface area contributed by atoms with Crippen molar-refractivity contribution in [3.63, 3.8) is 0 Å². The van der Waals surface area contributed by atoms with Gasteiger partial charge < -0.3 is 24.8 Å². The van der Waals surface area contributed by atoms with Gasteiger partial charge in [-0.05, 0) is 23.6 Å². The molecule has 2 aromatic rings. The summed E-state index contributed by atoms with van der Waals surface area (Å²) in [6, 6.07) is 5.94. The molecule has 0 saturated carbocycles. The lowest BCUT2D eigenvalue weighted by Gasteiger charge is -2.24. The first-order valence-corrected chi connectivity index (χ1v) is 6.96. The van der Waals surface area contributed by atoms with Crippen molar-refractivity contribution in [1.82, 2.24) is 4.98 Å². The van der Waals surface area contributed by atoms with E-state index in [0.717, 1.165) is 41.2 Å². The summed E-state index contributed by atoms with van der Waals surface area (Å²) in [4.78, 5) is 6.66. The standard InChI is InChI=1S/C15H19N3O3/c1-19-7-6-18(5-3-16)15-12-9-14-13(20-10-21-14)8-11(12)2-4-17-15/h2,4,8-9H,3,5-7,10,16H2,1H3. The number of methoxy groups -OCH3 is 1. The molecule has 0 atom stereocenters. The number of nitrogens with two attached hydrogens (primary N) is 1. The van der Waals surface area contributed by atoms with Crippen molar-refractivity contribution in [2.24, 2.45) is 5.73 Å². The molecule has 0 saturated heterocycles. The molecule has 0 unspecified atom stereocenters. The number of hydrogen-bond acceptors (Lipinski definition) is 6. The lowest BCUT2D eigenvalue weighted by molar-refractivity contribution is 0.174. The van der Waals surface area contributed by atoms with Crippen LogP contribution in [0.25, 0.3) is 10.8 Å². The molecule has 2 heterocycles. The van der Waals surface area contributed by atoms with Crippen LogP contribution in [-0.4, -0.2) is 45.1 Å². The smallest absolute Gasteiger partial charge is 0.231 e. The van der Waals surface area contributed by atoms with Crippen LogP contribution in [0, 0.1) is 0 Å². The van der Waals surface area contributed by atoms with Crippen LogP contribution in [-0.2, 0) is 4.74 Å². The van der Waals surface area contributed by atoms with Gasteiger partial charge in [-0.2, -0.15) is 0 Å². The van der Waals surface area contributed by atoms with Crippen molar-refractivity contribution in [1.29, 1.82) is 0 Å². The summed E-state index contributed by atoms with van der Waals surface area (Å²) >= 11 is 0. The monoisotopic (exact) mass is 289 g/mol. The molecule has 21 heavy (non-hydrogen) atoms. The lowest BCUT2D eigenvalue weighted by atomic mass is 10.1. The maximum atomic E-state index is 5.72. The summed E-state index contributed by atoms with van der Waals surface area (Å²) in [5.41, 5.74) is 5.72. The third kappa shape index (κ3) is 2.72. The number of pyridine rings is 1. The molecule has 2 N–H and O–H groups in total. The van der Waals surface area contributed by atoms with Gasteiger partial charge in [-0.15, -0.1) is 0 Å². The van der Waals surface area contributed by atoms with Gasteiger partial charge in [-0.1, -0.05) is 0 Å². The minimum Gasteiger partial charge on any atom is -0.454 e. The van der Waals surface area contributed by atoms with Crippen LogP contribution in [0.5, 0.6) is 11.5 Å². The highest BCUT2D eigenvalue weighted by Crippen LogP contribution is 2.38. The Hall–Kier alpha value is -2.05. The van der Waals surface area contributed by atoms with Crippen LogP contribution in [0.3, 0.4) is 0 Å². The molecular weight excluding hydrogens is 270 g/mol. The van der Waals surface area contributed by atoms with Gasteiger partial charge in [0.2, 0.25) is 6.79 Å². The molecule has 0 amide bonds. The number of nitrogens with zero attached hydrogens (tertiary/aromatic N) is 2. The fraction of sp³-hybridized carbons (Fsp3) is 0.400. The molecule has 6 heteroatoms. The van der Waals surface area contributed by atoms with Gasteiger partial charge in [0, 0.05) is 38.3 Å². The Labute approximate surface area is 123 Å². The first-order valence-electron chi connectivity index (χ1n) is 6.96. The third-order valence-corrected chi connectivity index (χ3v) is 3.50. The largest absolute Gasteiger partial charge is 0.454 e. The fourth-order valence-corrected chi connectivity index (χ4v) is 2.48. The maximum Gasteiger partial charge on any atom is 0.231 e. The van der Waals surface area contributed by atoms with E-state index in [2.05, 4.69) is 9.88 Å². The topological polar surface area (TPSA) is 69.8 Å². The molecule has 0 radical (unpaired) electrons. The normalized spacial score (nSPS) is 12.9. The van der Waals surface area contributed by atoms with E-state index in [1.54, 1.807) is 13.3 Å². The van der Waals surface area contributed by atoms with Gasteiger partial charge in [-0.25, -0.2) is 4.98 Å². The van der Waals surface area contributed by atoms with Gasteiger partial charge in [-0.3, -0.25) is 0 Å². The molecule has 1 aliphatic heterocycles. The Balaban J connectivity index is 2.03. The molecule has 0 bridgehead atoms. The molecule has 6 nitrogen and oxygen atoms in total. The summed E-state index contributed by atoms with van der Waals surface area (Å²) in [7, 11) is 1.69. The third-order valence-electron chi connectivity index (χ3n) is 3.50. The Bertz CT molecular complexity index is 633. The molecule has 3 rings (SSSR count). The van der Waals surface area contributed by atoms with Crippen LogP contribution in [0.2, 0.25) is 0 Å². The van der Waals surface area contributed by atoms with Crippen molar-refractivity contribution in [2.75, 3.05) is 45.0 Å². The Morgan fingerprint density at radius 3 is 2.86 bits per heavy atom. The van der Waals surface area contributed by atoms with Gasteiger partial charge >= 0.3 is 0 Å². The average Bonchev–Trinajstić information content (AvgIpc) is 2.96. The SMILES string of the molecule is COCCN(CCN)c1nccc2cc3c(cc12)OCO3. The summed E-state index contributed by atoms with van der Waals surface area (Å²) in [5, 5.41) is 2.11. The second-order valence-electron chi connectivity index (χ2n) is 4.83. The molecule has 0 aliphatic carbocycles. The van der Waals surface area contributed by atoms with Crippen LogP contribution in [0.1, 0.15) is 0 Å². The number of benzene rings is 1. The second-order valence-corrected chi connectivity index (χ2v) is 4.83. The first kappa shape index (κ1) is 13.9. The van der Waals surface area contributed by atoms with Crippen molar-refractivity contribution >= 4 is 16.6 Å². The number of fused-ring (bicyclic) bond motifs is 2. The zero-order chi connectivity index (χ0) is 14.7. The Morgan fingerprint density at radius 2 is 2.10 bits per heavy atom. The summed E-state index contributed by atoms with van der Waals surface area (Å²) in [6.07, 6.45) is 1.80. The van der Waals surface area contributed by atoms with E-state index < -0.39 is 0 Å². The van der Waals surface area contributed by atoms with Crippen molar-refractivity contribution in [3.8, 4) is 11.5 Å². The van der Waals surface area contributed by atoms with Crippen molar-refractivity contribution in [3.05, 3.63) is 24.4 Å². The predicted octanol–water partition coefficient (Wildman–Crippen LogP) is 1.38. The van der Waals surface area contributed by atoms with Crippen LogP contribution in [0.4, 0.5) is 5.82 Å². The van der Waals surface area contributed by atoms with Gasteiger partial charge in [0.05, 0.1) is 6.61 Å². The minimum atomic E-state index is 0.268. The first-order chi connectivity index (χ1) is 10.3. The second kappa shape index (κ2) is 6.15. The van der Waals surface area contributed by atoms with E-state index >= 15 is 0 Å². The number of ether oxygens (including phenoxy) is 3. The van der Waals surface area contributed by atoms with E-state index in [-0.39, 0.29) is 6.79 Å². The maximum absolute atomic E-state index is 5.72. The highest BCUT2D eigenvalue weighted by Gasteiger charge is 2.18. The van der Waals surface area contributed by atoms with Crippen LogP contribution < -0.4 is 20.1 Å². The van der Waals surface area contributed by atoms with E-state index in [1.807, 2.05) is 18.2 Å². The van der Waals surface area contributed by atoms with E-state index in [1.165, 1.54) is 0 Å². The van der Waals surface area contributed by atoms with E-state index in [4.69, 9.17) is 19.9 Å². The quantitative estimate of drug-likeness (QED) is 0.866. The molecule has 1 aromatic heterocycles. The summed E-state index contributed by atoms with van der Waals surface area (Å²) in [5.74, 6) is 2.44. The fourth-order valence-electron chi connectivity index (χ4n) is 2.48. The number of rotatable bonds is 6. The number of anilines is 1. The minimum absolute atomic E-state index is 0.268. The van der Waals surface area contributed by atoms with Gasteiger partial charge in [0.25, 0.3) is 0 Å². The molecule has 112 valence electrons. The van der Waals surface area contributed by atoms with Crippen LogP contribution >= 0.6 is 0 Å². The molecule has 0 spiro atoms. The molecule has 1 aromatic carbocycles. The van der Waals surface area contributed by atoms with Crippen LogP contribution in [0.15, 0.2) is 24.4 Å². The van der Waals surface area contributed by atoms with Gasteiger partial charge in [0.15, 0.2) is 11.5 Å². The Morgan fingerprint density at radius 1 is 1.29 bits per heavy atom. The van der Waals surface area contributed by atoms with Crippen molar-refractivity contribution < 1.29 is 14.2 Å². The average molecular weight is 289 g/mol. The predicted molar refractivity (Wildman–Crippen MR) is 81.0 cm³/mol. The Kier molecular flexibility index (Phi) is 4.08.